The lowest BCUT2D eigenvalue weighted by molar-refractivity contribution is 0.0697. The normalized spacial score (nSPS) is 10.3. The first-order valence-corrected chi connectivity index (χ1v) is 5.97. The molecule has 0 atom stereocenters. The first-order chi connectivity index (χ1) is 9.70. The molecule has 0 aliphatic carbocycles. The second kappa shape index (κ2) is 4.56. The van der Waals surface area contributed by atoms with E-state index in [0.717, 1.165) is 16.5 Å². The SMILES string of the molecule is C#Cc1cccc(C(=O)O)c1-c1ccc2cn[nH]c2c1. The number of nitrogens with zero attached hydrogens (tertiary/aromatic N) is 1. The molecular formula is C16H10N2O2. The van der Waals surface area contributed by atoms with E-state index in [9.17, 15) is 9.90 Å². The van der Waals surface area contributed by atoms with Gasteiger partial charge in [-0.15, -0.1) is 6.42 Å². The Morgan fingerprint density at radius 3 is 2.90 bits per heavy atom. The van der Waals surface area contributed by atoms with Crippen molar-refractivity contribution < 1.29 is 9.90 Å². The van der Waals surface area contributed by atoms with Crippen LogP contribution in [0.3, 0.4) is 0 Å². The number of aromatic amines is 1. The third kappa shape index (κ3) is 1.82. The zero-order chi connectivity index (χ0) is 14.1. The number of H-pyrrole nitrogens is 1. The van der Waals surface area contributed by atoms with Crippen LogP contribution < -0.4 is 0 Å². The van der Waals surface area contributed by atoms with Gasteiger partial charge in [-0.25, -0.2) is 4.79 Å². The maximum Gasteiger partial charge on any atom is 0.336 e. The van der Waals surface area contributed by atoms with E-state index in [-0.39, 0.29) is 5.56 Å². The van der Waals surface area contributed by atoms with Gasteiger partial charge < -0.3 is 5.11 Å². The number of aromatic carboxylic acids is 1. The van der Waals surface area contributed by atoms with E-state index in [1.165, 1.54) is 0 Å². The molecule has 0 aliphatic heterocycles. The van der Waals surface area contributed by atoms with Crippen molar-refractivity contribution in [1.29, 1.82) is 0 Å². The first kappa shape index (κ1) is 12.0. The van der Waals surface area contributed by atoms with Crippen LogP contribution in [0.25, 0.3) is 22.0 Å². The van der Waals surface area contributed by atoms with Crippen LogP contribution in [0.15, 0.2) is 42.6 Å². The highest BCUT2D eigenvalue weighted by atomic mass is 16.4. The van der Waals surface area contributed by atoms with E-state index >= 15 is 0 Å². The molecule has 0 amide bonds. The topological polar surface area (TPSA) is 66.0 Å². The lowest BCUT2D eigenvalue weighted by Crippen LogP contribution is -2.01. The molecule has 96 valence electrons. The highest BCUT2D eigenvalue weighted by Gasteiger charge is 2.15. The lowest BCUT2D eigenvalue weighted by Gasteiger charge is -2.09. The molecule has 2 N–H and O–H groups in total. The van der Waals surface area contributed by atoms with Crippen LogP contribution in [0.2, 0.25) is 0 Å². The molecule has 1 heterocycles. The van der Waals surface area contributed by atoms with Crippen LogP contribution in [-0.4, -0.2) is 21.3 Å². The number of hydrogen-bond acceptors (Lipinski definition) is 2. The first-order valence-electron chi connectivity index (χ1n) is 5.97. The summed E-state index contributed by atoms with van der Waals surface area (Å²) in [7, 11) is 0. The molecule has 3 aromatic rings. The minimum Gasteiger partial charge on any atom is -0.478 e. The Morgan fingerprint density at radius 1 is 1.30 bits per heavy atom. The number of carbonyl (C=O) groups is 1. The monoisotopic (exact) mass is 262 g/mol. The second-order valence-corrected chi connectivity index (χ2v) is 4.35. The second-order valence-electron chi connectivity index (χ2n) is 4.35. The van der Waals surface area contributed by atoms with Gasteiger partial charge in [-0.2, -0.15) is 5.10 Å². The number of nitrogens with one attached hydrogen (secondary N) is 1. The Kier molecular flexibility index (Phi) is 2.73. The zero-order valence-corrected chi connectivity index (χ0v) is 10.4. The van der Waals surface area contributed by atoms with E-state index in [1.807, 2.05) is 18.2 Å². The van der Waals surface area contributed by atoms with Crippen LogP contribution >= 0.6 is 0 Å². The maximum absolute atomic E-state index is 11.4. The van der Waals surface area contributed by atoms with Gasteiger partial charge in [-0.1, -0.05) is 24.1 Å². The average molecular weight is 262 g/mol. The summed E-state index contributed by atoms with van der Waals surface area (Å²) in [4.78, 5) is 11.4. The number of hydrogen-bond donors (Lipinski definition) is 2. The number of carboxylic acids is 1. The van der Waals surface area contributed by atoms with Crippen molar-refractivity contribution >= 4 is 16.9 Å². The Labute approximate surface area is 115 Å². The van der Waals surface area contributed by atoms with Crippen LogP contribution in [0.1, 0.15) is 15.9 Å². The predicted molar refractivity (Wildman–Crippen MR) is 76.4 cm³/mol. The van der Waals surface area contributed by atoms with Crippen molar-refractivity contribution in [2.75, 3.05) is 0 Å². The average Bonchev–Trinajstić information content (AvgIpc) is 2.93. The molecule has 20 heavy (non-hydrogen) atoms. The minimum absolute atomic E-state index is 0.194. The summed E-state index contributed by atoms with van der Waals surface area (Å²) in [5, 5.41) is 17.1. The van der Waals surface area contributed by atoms with Gasteiger partial charge >= 0.3 is 5.97 Å². The Bertz CT molecular complexity index is 856. The molecule has 0 unspecified atom stereocenters. The Morgan fingerprint density at radius 2 is 2.15 bits per heavy atom. The van der Waals surface area contributed by atoms with Crippen molar-refractivity contribution in [3.8, 4) is 23.5 Å². The molecule has 2 aromatic carbocycles. The van der Waals surface area contributed by atoms with E-state index in [1.54, 1.807) is 24.4 Å². The fraction of sp³-hybridized carbons (Fsp3) is 0. The van der Waals surface area contributed by atoms with Crippen molar-refractivity contribution in [2.24, 2.45) is 0 Å². The van der Waals surface area contributed by atoms with Gasteiger partial charge in [0, 0.05) is 16.5 Å². The standard InChI is InChI=1S/C16H10N2O2/c1-2-10-4-3-5-13(16(19)20)15(10)11-6-7-12-9-17-18-14(12)8-11/h1,3-9H,(H,17,18)(H,19,20). The third-order valence-corrected chi connectivity index (χ3v) is 3.18. The van der Waals surface area contributed by atoms with Crippen molar-refractivity contribution in [2.45, 2.75) is 0 Å². The van der Waals surface area contributed by atoms with E-state index in [2.05, 4.69) is 16.1 Å². The molecule has 0 radical (unpaired) electrons. The largest absolute Gasteiger partial charge is 0.478 e. The summed E-state index contributed by atoms with van der Waals surface area (Å²) in [5.74, 6) is 1.54. The smallest absolute Gasteiger partial charge is 0.336 e. The van der Waals surface area contributed by atoms with Crippen LogP contribution in [0.4, 0.5) is 0 Å². The Balaban J connectivity index is 2.32. The number of carboxylic acid groups (broad SMARTS) is 1. The number of rotatable bonds is 2. The summed E-state index contributed by atoms with van der Waals surface area (Å²) in [6.07, 6.45) is 7.20. The molecule has 1 aromatic heterocycles. The molecule has 3 rings (SSSR count). The van der Waals surface area contributed by atoms with Crippen LogP contribution in [-0.2, 0) is 0 Å². The molecule has 4 heteroatoms. The quantitative estimate of drug-likeness (QED) is 0.698. The number of fused-ring (bicyclic) bond motifs is 1. The van der Waals surface area contributed by atoms with Gasteiger partial charge in [0.15, 0.2) is 0 Å². The van der Waals surface area contributed by atoms with Crippen molar-refractivity contribution in [1.82, 2.24) is 10.2 Å². The van der Waals surface area contributed by atoms with Gasteiger partial charge in [-0.3, -0.25) is 5.10 Å². The third-order valence-electron chi connectivity index (χ3n) is 3.18. The molecule has 0 aliphatic rings. The Hall–Kier alpha value is -3.06. The maximum atomic E-state index is 11.4. The van der Waals surface area contributed by atoms with Gasteiger partial charge in [0.05, 0.1) is 17.3 Å². The van der Waals surface area contributed by atoms with E-state index in [4.69, 9.17) is 6.42 Å². The predicted octanol–water partition coefficient (Wildman–Crippen LogP) is 2.91. The fourth-order valence-corrected chi connectivity index (χ4v) is 2.25. The van der Waals surface area contributed by atoms with Crippen LogP contribution in [0, 0.1) is 12.3 Å². The molecule has 0 bridgehead atoms. The highest BCUT2D eigenvalue weighted by molar-refractivity contribution is 5.99. The van der Waals surface area contributed by atoms with E-state index < -0.39 is 5.97 Å². The molecule has 4 nitrogen and oxygen atoms in total. The van der Waals surface area contributed by atoms with Crippen molar-refractivity contribution in [3.63, 3.8) is 0 Å². The highest BCUT2D eigenvalue weighted by Crippen LogP contribution is 2.29. The summed E-state index contributed by atoms with van der Waals surface area (Å²) < 4.78 is 0. The van der Waals surface area contributed by atoms with Crippen molar-refractivity contribution in [3.05, 3.63) is 53.7 Å². The molecule has 0 fully saturated rings. The summed E-state index contributed by atoms with van der Waals surface area (Å²) >= 11 is 0. The van der Waals surface area contributed by atoms with Gasteiger partial charge in [0.25, 0.3) is 0 Å². The number of aromatic nitrogens is 2. The number of benzene rings is 2. The summed E-state index contributed by atoms with van der Waals surface area (Å²) in [6, 6.07) is 10.5. The van der Waals surface area contributed by atoms with Gasteiger partial charge in [0.1, 0.15) is 0 Å². The lowest BCUT2D eigenvalue weighted by atomic mass is 9.94. The van der Waals surface area contributed by atoms with Gasteiger partial charge in [0.2, 0.25) is 0 Å². The fourth-order valence-electron chi connectivity index (χ4n) is 2.25. The molecule has 0 spiro atoms. The summed E-state index contributed by atoms with van der Waals surface area (Å²) in [6.45, 7) is 0. The van der Waals surface area contributed by atoms with E-state index in [0.29, 0.717) is 11.1 Å². The summed E-state index contributed by atoms with van der Waals surface area (Å²) in [5.41, 5.74) is 2.90. The number of terminal acetylenes is 1. The van der Waals surface area contributed by atoms with Gasteiger partial charge in [-0.05, 0) is 23.8 Å². The molecule has 0 saturated heterocycles. The molecule has 0 saturated carbocycles. The molecular weight excluding hydrogens is 252 g/mol. The minimum atomic E-state index is -0.998. The zero-order valence-electron chi connectivity index (χ0n) is 10.4. The van der Waals surface area contributed by atoms with Crippen LogP contribution in [0.5, 0.6) is 0 Å².